The Kier molecular flexibility index (Phi) is 10.5. The van der Waals surface area contributed by atoms with E-state index in [0.717, 1.165) is 19.3 Å². The Hall–Kier alpha value is -1.40. The summed E-state index contributed by atoms with van der Waals surface area (Å²) in [6, 6.07) is -1.83. The zero-order valence-corrected chi connectivity index (χ0v) is 14.6. The maximum atomic E-state index is 11.6. The van der Waals surface area contributed by atoms with Crippen LogP contribution in [-0.4, -0.2) is 57.1 Å². The molecule has 0 fully saturated rings. The lowest BCUT2D eigenvalue weighted by Gasteiger charge is -2.44. The number of aliphatic hydroxyl groups is 1. The Labute approximate surface area is 139 Å². The summed E-state index contributed by atoms with van der Waals surface area (Å²) in [5.41, 5.74) is 0. The molecule has 134 valence electrons. The van der Waals surface area contributed by atoms with Crippen LogP contribution >= 0.6 is 0 Å². The van der Waals surface area contributed by atoms with Crippen molar-refractivity contribution in [2.24, 2.45) is 0 Å². The molecule has 6 nitrogen and oxygen atoms in total. The van der Waals surface area contributed by atoms with Crippen LogP contribution in [0.5, 0.6) is 0 Å². The van der Waals surface area contributed by atoms with Gasteiger partial charge in [0.1, 0.15) is 0 Å². The lowest BCUT2D eigenvalue weighted by atomic mass is 10.0. The third kappa shape index (κ3) is 5.95. The minimum absolute atomic E-state index is 0.283. The third-order valence-electron chi connectivity index (χ3n) is 4.42. The van der Waals surface area contributed by atoms with Crippen molar-refractivity contribution in [2.75, 3.05) is 13.3 Å². The molecule has 0 spiro atoms. The van der Waals surface area contributed by atoms with Gasteiger partial charge in [-0.25, -0.2) is 9.59 Å². The van der Waals surface area contributed by atoms with E-state index in [0.29, 0.717) is 13.0 Å². The van der Waals surface area contributed by atoms with E-state index in [1.54, 1.807) is 13.8 Å². The molecule has 0 radical (unpaired) electrons. The number of hydrogen-bond acceptors (Lipinski definition) is 3. The fraction of sp³-hybridized carbons (Fsp3) is 0.765. The number of unbranched alkanes of at least 4 members (excludes halogenated alkanes) is 2. The Balaban J connectivity index is 5.33. The normalized spacial score (nSPS) is 16.9. The van der Waals surface area contributed by atoms with Crippen LogP contribution in [0.3, 0.4) is 0 Å². The van der Waals surface area contributed by atoms with Gasteiger partial charge in [-0.3, -0.25) is 4.48 Å². The van der Waals surface area contributed by atoms with Gasteiger partial charge in [0.25, 0.3) is 0 Å². The van der Waals surface area contributed by atoms with Crippen LogP contribution in [0.1, 0.15) is 59.3 Å². The summed E-state index contributed by atoms with van der Waals surface area (Å²) < 4.78 is -0.306. The molecule has 0 aromatic heterocycles. The fourth-order valence-corrected chi connectivity index (χ4v) is 3.22. The molecule has 0 bridgehead atoms. The molecule has 0 rings (SSSR count). The minimum atomic E-state index is -1.05. The van der Waals surface area contributed by atoms with Gasteiger partial charge in [0.2, 0.25) is 0 Å². The molecule has 0 aliphatic rings. The van der Waals surface area contributed by atoms with Crippen LogP contribution in [0.25, 0.3) is 0 Å². The van der Waals surface area contributed by atoms with Crippen molar-refractivity contribution in [2.45, 2.75) is 71.4 Å². The summed E-state index contributed by atoms with van der Waals surface area (Å²) in [6.45, 7) is 5.39. The van der Waals surface area contributed by atoms with E-state index < -0.39 is 30.8 Å². The quantitative estimate of drug-likeness (QED) is 0.209. The number of carboxylic acids is 2. The summed E-state index contributed by atoms with van der Waals surface area (Å²) in [6.07, 6.45) is 8.16. The number of aliphatic carboxylic acids is 2. The van der Waals surface area contributed by atoms with Crippen molar-refractivity contribution < 1.29 is 29.4 Å². The Morgan fingerprint density at radius 3 is 1.78 bits per heavy atom. The predicted molar refractivity (Wildman–Crippen MR) is 88.9 cm³/mol. The molecule has 0 aliphatic heterocycles. The van der Waals surface area contributed by atoms with Crippen LogP contribution < -0.4 is 0 Å². The van der Waals surface area contributed by atoms with Crippen LogP contribution in [0.4, 0.5) is 0 Å². The van der Waals surface area contributed by atoms with E-state index in [-0.39, 0.29) is 17.3 Å². The molecule has 2 unspecified atom stereocenters. The first-order valence-corrected chi connectivity index (χ1v) is 8.49. The summed E-state index contributed by atoms with van der Waals surface area (Å²) >= 11 is 0. The van der Waals surface area contributed by atoms with E-state index in [1.165, 1.54) is 0 Å². The number of carboxylic acid groups (broad SMARTS) is 2. The summed E-state index contributed by atoms with van der Waals surface area (Å²) in [5, 5.41) is 29.0. The Morgan fingerprint density at radius 1 is 0.957 bits per heavy atom. The summed E-state index contributed by atoms with van der Waals surface area (Å²) in [5.74, 6) is -2.11. The van der Waals surface area contributed by atoms with Crippen molar-refractivity contribution in [1.29, 1.82) is 0 Å². The van der Waals surface area contributed by atoms with Crippen molar-refractivity contribution >= 4 is 11.9 Å². The third-order valence-corrected chi connectivity index (χ3v) is 4.42. The first-order valence-electron chi connectivity index (χ1n) is 8.49. The van der Waals surface area contributed by atoms with Crippen molar-refractivity contribution in [1.82, 2.24) is 0 Å². The first-order chi connectivity index (χ1) is 10.9. The Bertz CT molecular complexity index is 372. The molecule has 3 N–H and O–H groups in total. The molecule has 0 heterocycles. The second-order valence-electron chi connectivity index (χ2n) is 5.89. The van der Waals surface area contributed by atoms with E-state index in [9.17, 15) is 24.9 Å². The molecule has 0 aromatic rings. The molecule has 0 saturated heterocycles. The fourth-order valence-electron chi connectivity index (χ4n) is 3.22. The van der Waals surface area contributed by atoms with Crippen LogP contribution in [-0.2, 0) is 9.59 Å². The van der Waals surface area contributed by atoms with Gasteiger partial charge in [0, 0.05) is 19.3 Å². The van der Waals surface area contributed by atoms with E-state index in [1.807, 2.05) is 6.08 Å². The van der Waals surface area contributed by atoms with Gasteiger partial charge >= 0.3 is 11.9 Å². The van der Waals surface area contributed by atoms with Crippen molar-refractivity contribution in [3.63, 3.8) is 0 Å². The van der Waals surface area contributed by atoms with Crippen LogP contribution in [0, 0.1) is 0 Å². The van der Waals surface area contributed by atoms with E-state index in [4.69, 9.17) is 0 Å². The van der Waals surface area contributed by atoms with Gasteiger partial charge in [0.05, 0.1) is 6.54 Å². The van der Waals surface area contributed by atoms with Crippen molar-refractivity contribution in [3.8, 4) is 0 Å². The number of rotatable bonds is 13. The van der Waals surface area contributed by atoms with Gasteiger partial charge in [-0.05, 0) is 12.8 Å². The van der Waals surface area contributed by atoms with Gasteiger partial charge in [-0.2, -0.15) is 0 Å². The average molecular weight is 330 g/mol. The van der Waals surface area contributed by atoms with E-state index >= 15 is 0 Å². The molecule has 23 heavy (non-hydrogen) atoms. The van der Waals surface area contributed by atoms with Crippen LogP contribution in [0.2, 0.25) is 0 Å². The summed E-state index contributed by atoms with van der Waals surface area (Å²) in [7, 11) is 0. The lowest BCUT2D eigenvalue weighted by molar-refractivity contribution is -0.974. The monoisotopic (exact) mass is 330 g/mol. The minimum Gasteiger partial charge on any atom is -0.477 e. The number of nitrogens with zero attached hydrogens (tertiary/aromatic N) is 1. The smallest absolute Gasteiger partial charge is 0.362 e. The molecule has 6 heteroatoms. The zero-order valence-electron chi connectivity index (χ0n) is 14.6. The topological polar surface area (TPSA) is 94.8 Å². The second-order valence-corrected chi connectivity index (χ2v) is 5.89. The van der Waals surface area contributed by atoms with Crippen LogP contribution in [0.15, 0.2) is 12.2 Å². The highest BCUT2D eigenvalue weighted by Crippen LogP contribution is 2.25. The van der Waals surface area contributed by atoms with Gasteiger partial charge in [-0.1, -0.05) is 39.3 Å². The molecular formula is C17H32NO5+. The largest absolute Gasteiger partial charge is 0.477 e. The number of quaternary nitrogens is 1. The maximum absolute atomic E-state index is 11.6. The average Bonchev–Trinajstić information content (AvgIpc) is 2.50. The molecule has 0 amide bonds. The number of hydrogen-bond donors (Lipinski definition) is 3. The molecular weight excluding hydrogens is 298 g/mol. The van der Waals surface area contributed by atoms with Gasteiger partial charge in [-0.15, -0.1) is 0 Å². The van der Waals surface area contributed by atoms with Gasteiger partial charge < -0.3 is 15.3 Å². The molecule has 2 atom stereocenters. The number of carbonyl (C=O) groups is 2. The van der Waals surface area contributed by atoms with E-state index in [2.05, 4.69) is 13.0 Å². The molecule has 0 aromatic carbocycles. The molecule has 0 saturated carbocycles. The van der Waals surface area contributed by atoms with Gasteiger partial charge in [0.15, 0.2) is 18.8 Å². The number of aliphatic hydroxyl groups excluding tert-OH is 1. The Morgan fingerprint density at radius 2 is 1.43 bits per heavy atom. The number of allylic oxidation sites excluding steroid dienone is 2. The lowest BCUT2D eigenvalue weighted by Crippen LogP contribution is -2.66. The predicted octanol–water partition coefficient (Wildman–Crippen LogP) is 2.62. The SMILES string of the molecule is CCC/C=C/CCC[N+](CO)(C(CC)C(=O)O)C(CC)C(=O)O. The summed E-state index contributed by atoms with van der Waals surface area (Å²) in [4.78, 5) is 23.2. The highest BCUT2D eigenvalue weighted by molar-refractivity contribution is 5.75. The highest BCUT2D eigenvalue weighted by atomic mass is 16.4. The zero-order chi connectivity index (χ0) is 17.9. The second kappa shape index (κ2) is 11.2. The van der Waals surface area contributed by atoms with Crippen molar-refractivity contribution in [3.05, 3.63) is 12.2 Å². The highest BCUT2D eigenvalue weighted by Gasteiger charge is 2.48. The standard InChI is InChI=1S/C17H31NO5/c1-4-7-8-9-10-11-12-18(13-19,14(5-2)16(20)21)15(6-3)17(22)23/h8-9,14-15,19H,4-7,10-13H2,1-3H3,(H-,20,21,22,23)/p+1/b9-8+. The maximum Gasteiger partial charge on any atom is 0.362 e. The first kappa shape index (κ1) is 21.6. The molecule has 0 aliphatic carbocycles.